The standard InChI is InChI=1S/C24H20F2N3OS3/c1-3-29-21(13-20-28(9-10-31-20)14-15-7-5-4-6-8-15)33-22(23(29)30)24-27(2)18-11-16(25)17(26)12-19(18)32-24/h4-13H,3,14H2,1-2H3/q+1/b24-22+. The van der Waals surface area contributed by atoms with E-state index in [-0.39, 0.29) is 5.56 Å². The Morgan fingerprint density at radius 1 is 1.12 bits per heavy atom. The molecule has 5 rings (SSSR count). The molecule has 0 unspecified atom stereocenters. The molecule has 0 atom stereocenters. The van der Waals surface area contributed by atoms with E-state index in [0.29, 0.717) is 26.7 Å². The average Bonchev–Trinajstić information content (AvgIpc) is 3.46. The van der Waals surface area contributed by atoms with Crippen molar-refractivity contribution in [3.05, 3.63) is 95.8 Å². The molecule has 0 fully saturated rings. The summed E-state index contributed by atoms with van der Waals surface area (Å²) < 4.78 is 32.9. The van der Waals surface area contributed by atoms with E-state index in [0.717, 1.165) is 16.2 Å². The van der Waals surface area contributed by atoms with Gasteiger partial charge in [-0.1, -0.05) is 53.4 Å². The normalized spacial score (nSPS) is 15.4. The number of thioether (sulfide) groups is 1. The van der Waals surface area contributed by atoms with Gasteiger partial charge in [-0.2, -0.15) is 4.57 Å². The number of nitrogens with zero attached hydrogens (tertiary/aromatic N) is 3. The molecule has 4 aromatic rings. The van der Waals surface area contributed by atoms with Gasteiger partial charge >= 0.3 is 0 Å². The van der Waals surface area contributed by atoms with Crippen molar-refractivity contribution in [2.75, 3.05) is 11.9 Å². The highest BCUT2D eigenvalue weighted by molar-refractivity contribution is 8.08. The number of halogens is 2. The predicted molar refractivity (Wildman–Crippen MR) is 131 cm³/mol. The van der Waals surface area contributed by atoms with Gasteiger partial charge in [0.05, 0.1) is 17.1 Å². The van der Waals surface area contributed by atoms with Crippen LogP contribution in [-0.4, -0.2) is 11.6 Å². The first-order chi connectivity index (χ1) is 16.0. The molecule has 2 aromatic carbocycles. The Bertz CT molecular complexity index is 1520. The van der Waals surface area contributed by atoms with Crippen LogP contribution >= 0.6 is 34.4 Å². The number of fused-ring (bicyclic) bond motifs is 1. The lowest BCUT2D eigenvalue weighted by Crippen LogP contribution is -2.36. The zero-order chi connectivity index (χ0) is 23.1. The summed E-state index contributed by atoms with van der Waals surface area (Å²) in [6.07, 6.45) is 4.08. The Labute approximate surface area is 201 Å². The van der Waals surface area contributed by atoms with E-state index >= 15 is 0 Å². The molecule has 1 aliphatic rings. The van der Waals surface area contributed by atoms with Crippen LogP contribution in [0, 0.1) is 11.6 Å². The fourth-order valence-corrected chi connectivity index (χ4v) is 7.08. The zero-order valence-electron chi connectivity index (χ0n) is 17.9. The minimum Gasteiger partial charge on any atom is -0.337 e. The van der Waals surface area contributed by atoms with Crippen molar-refractivity contribution in [1.29, 1.82) is 0 Å². The summed E-state index contributed by atoms with van der Waals surface area (Å²) in [5, 5.41) is 3.76. The van der Waals surface area contributed by atoms with Crippen molar-refractivity contribution in [1.82, 2.24) is 4.57 Å². The van der Waals surface area contributed by atoms with Crippen LogP contribution < -0.4 is 24.2 Å². The van der Waals surface area contributed by atoms with Crippen molar-refractivity contribution in [3.63, 3.8) is 0 Å². The summed E-state index contributed by atoms with van der Waals surface area (Å²) in [5.74, 6) is -1.78. The summed E-state index contributed by atoms with van der Waals surface area (Å²) in [4.78, 5) is 15.7. The molecule has 4 nitrogen and oxygen atoms in total. The second kappa shape index (κ2) is 8.89. The van der Waals surface area contributed by atoms with Crippen molar-refractivity contribution < 1.29 is 13.3 Å². The van der Waals surface area contributed by atoms with Gasteiger partial charge in [0, 0.05) is 30.1 Å². The van der Waals surface area contributed by atoms with Crippen LogP contribution in [0.15, 0.2) is 63.7 Å². The first-order valence-corrected chi connectivity index (χ1v) is 12.8. The minimum absolute atomic E-state index is 0.0944. The average molecular weight is 501 g/mol. The fraction of sp³-hybridized carbons (Fsp3) is 0.167. The first kappa shape index (κ1) is 22.1. The summed E-state index contributed by atoms with van der Waals surface area (Å²) >= 11 is 4.32. The van der Waals surface area contributed by atoms with Gasteiger partial charge in [0.2, 0.25) is 0 Å². The molecule has 1 aliphatic heterocycles. The molecule has 0 amide bonds. The Morgan fingerprint density at radius 3 is 2.64 bits per heavy atom. The number of hydrogen-bond donors (Lipinski definition) is 0. The molecule has 0 aliphatic carbocycles. The number of rotatable bonds is 4. The molecule has 168 valence electrons. The van der Waals surface area contributed by atoms with E-state index in [4.69, 9.17) is 0 Å². The third-order valence-electron chi connectivity index (χ3n) is 5.45. The second-order valence-corrected chi connectivity index (χ2v) is 10.5. The van der Waals surface area contributed by atoms with Gasteiger partial charge in [-0.15, -0.1) is 11.3 Å². The number of thiazole rings is 2. The topological polar surface area (TPSA) is 29.1 Å². The van der Waals surface area contributed by atoms with Crippen LogP contribution in [0.1, 0.15) is 17.5 Å². The lowest BCUT2D eigenvalue weighted by atomic mass is 10.2. The summed E-state index contributed by atoms with van der Waals surface area (Å²) in [6.45, 7) is 3.22. The van der Waals surface area contributed by atoms with E-state index in [1.807, 2.05) is 42.8 Å². The van der Waals surface area contributed by atoms with E-state index in [9.17, 15) is 13.6 Å². The molecule has 3 heterocycles. The maximum absolute atomic E-state index is 13.8. The predicted octanol–water partition coefficient (Wildman–Crippen LogP) is 3.74. The molecule has 0 radical (unpaired) electrons. The van der Waals surface area contributed by atoms with Gasteiger partial charge in [0.15, 0.2) is 24.4 Å². The zero-order valence-corrected chi connectivity index (χ0v) is 20.4. The van der Waals surface area contributed by atoms with Crippen molar-refractivity contribution in [2.45, 2.75) is 24.9 Å². The molecule has 0 saturated carbocycles. The quantitative estimate of drug-likeness (QED) is 0.400. The Kier molecular flexibility index (Phi) is 5.94. The molecule has 0 bridgehead atoms. The number of benzene rings is 2. The van der Waals surface area contributed by atoms with Crippen LogP contribution in [-0.2, 0) is 13.1 Å². The van der Waals surface area contributed by atoms with E-state index in [1.165, 1.54) is 40.8 Å². The lowest BCUT2D eigenvalue weighted by Gasteiger charge is -2.12. The SMILES string of the molecule is CCn1c(=O)/c(=C2\Sc3cc(F)c(F)cc3N2C)s/c1=C\c1scc[n+]1Cc1ccccc1. The van der Waals surface area contributed by atoms with E-state index in [1.54, 1.807) is 27.9 Å². The third-order valence-corrected chi connectivity index (χ3v) is 8.77. The van der Waals surface area contributed by atoms with Crippen molar-refractivity contribution in [2.24, 2.45) is 0 Å². The van der Waals surface area contributed by atoms with Crippen molar-refractivity contribution >= 4 is 51.2 Å². The molecular formula is C24H20F2N3OS3+. The van der Waals surface area contributed by atoms with Gasteiger partial charge in [-0.05, 0) is 13.0 Å². The van der Waals surface area contributed by atoms with Gasteiger partial charge in [0.1, 0.15) is 14.2 Å². The third kappa shape index (κ3) is 4.05. The highest BCUT2D eigenvalue weighted by Crippen LogP contribution is 2.46. The van der Waals surface area contributed by atoms with Crippen LogP contribution in [0.25, 0.3) is 11.1 Å². The highest BCUT2D eigenvalue weighted by atomic mass is 32.2. The van der Waals surface area contributed by atoms with Crippen LogP contribution in [0.2, 0.25) is 0 Å². The Hall–Kier alpha value is -2.75. The van der Waals surface area contributed by atoms with Crippen molar-refractivity contribution in [3.8, 4) is 0 Å². The maximum Gasteiger partial charge on any atom is 0.271 e. The lowest BCUT2D eigenvalue weighted by molar-refractivity contribution is -0.685. The second-order valence-electron chi connectivity index (χ2n) is 7.52. The highest BCUT2D eigenvalue weighted by Gasteiger charge is 2.27. The first-order valence-electron chi connectivity index (χ1n) is 10.3. The Balaban J connectivity index is 1.61. The van der Waals surface area contributed by atoms with Crippen LogP contribution in [0.5, 0.6) is 0 Å². The number of aromatic nitrogens is 2. The van der Waals surface area contributed by atoms with Gasteiger partial charge in [-0.25, -0.2) is 8.78 Å². The van der Waals surface area contributed by atoms with Crippen LogP contribution in [0.4, 0.5) is 14.5 Å². The number of anilines is 1. The summed E-state index contributed by atoms with van der Waals surface area (Å²) in [5.41, 5.74) is 1.67. The minimum atomic E-state index is -0.894. The molecule has 0 spiro atoms. The Morgan fingerprint density at radius 2 is 1.88 bits per heavy atom. The molecule has 0 saturated heterocycles. The van der Waals surface area contributed by atoms with Crippen LogP contribution in [0.3, 0.4) is 0 Å². The molecular weight excluding hydrogens is 480 g/mol. The summed E-state index contributed by atoms with van der Waals surface area (Å²) in [6, 6.07) is 12.6. The molecule has 2 aromatic heterocycles. The smallest absolute Gasteiger partial charge is 0.271 e. The van der Waals surface area contributed by atoms with E-state index in [2.05, 4.69) is 16.7 Å². The summed E-state index contributed by atoms with van der Waals surface area (Å²) in [7, 11) is 1.78. The number of hydrogen-bond acceptors (Lipinski definition) is 5. The van der Waals surface area contributed by atoms with Gasteiger partial charge < -0.3 is 4.90 Å². The fourth-order valence-electron chi connectivity index (χ4n) is 3.76. The molecule has 33 heavy (non-hydrogen) atoms. The van der Waals surface area contributed by atoms with E-state index < -0.39 is 11.6 Å². The monoisotopic (exact) mass is 500 g/mol. The largest absolute Gasteiger partial charge is 0.337 e. The molecule has 0 N–H and O–H groups in total. The maximum atomic E-state index is 13.8. The van der Waals surface area contributed by atoms with Gasteiger partial charge in [0.25, 0.3) is 10.6 Å². The van der Waals surface area contributed by atoms with Gasteiger partial charge in [-0.3, -0.25) is 9.36 Å². The molecule has 9 heteroatoms.